The average Bonchev–Trinajstić information content (AvgIpc) is 3.78. The highest BCUT2D eigenvalue weighted by Crippen LogP contribution is 2.39. The van der Waals surface area contributed by atoms with E-state index in [1.54, 1.807) is 12.1 Å². The van der Waals surface area contributed by atoms with E-state index in [0.717, 1.165) is 27.9 Å². The standard InChI is InChI=1S/C45H22B7N5/c46-27-20-29-33-34-35-36(50)30(47)22-32(49)40(35)56(28-18-10-17-26(19-28)23-11-4-1-5-12-23)42(34)38(52)37(51)41(33)57(39(29)31(48)21-27)45-54-43(24-13-6-2-7-14-24)53-44(55-45)25-15-8-3-9-16-25/h1-22H. The van der Waals surface area contributed by atoms with Crippen LogP contribution in [-0.2, 0) is 0 Å². The molecule has 0 amide bonds. The minimum absolute atomic E-state index is 0.267. The molecule has 10 rings (SSSR count). The van der Waals surface area contributed by atoms with Crippen LogP contribution in [0.4, 0.5) is 0 Å². The predicted molar refractivity (Wildman–Crippen MR) is 243 cm³/mol. The lowest BCUT2D eigenvalue weighted by Crippen LogP contribution is -2.31. The third kappa shape index (κ3) is 5.45. The van der Waals surface area contributed by atoms with Gasteiger partial charge in [-0.2, -0.15) is 9.97 Å². The first-order valence-electron chi connectivity index (χ1n) is 18.2. The number of rotatable bonds is 5. The molecule has 57 heavy (non-hydrogen) atoms. The first kappa shape index (κ1) is 35.0. The summed E-state index contributed by atoms with van der Waals surface area (Å²) in [4.78, 5) is 15.1. The lowest BCUT2D eigenvalue weighted by Gasteiger charge is -2.17. The number of nitrogens with zero attached hydrogens (tertiary/aromatic N) is 5. The van der Waals surface area contributed by atoms with Crippen molar-refractivity contribution in [2.45, 2.75) is 0 Å². The number of benzene rings is 7. The Hall–Kier alpha value is -6.40. The summed E-state index contributed by atoms with van der Waals surface area (Å²) in [5.74, 6) is 1.18. The Morgan fingerprint density at radius 1 is 0.368 bits per heavy atom. The Kier molecular flexibility index (Phi) is 8.22. The molecule has 0 aliphatic heterocycles. The van der Waals surface area contributed by atoms with Crippen molar-refractivity contribution in [3.8, 4) is 45.5 Å². The van der Waals surface area contributed by atoms with Crippen molar-refractivity contribution >= 4 is 137 Å². The fourth-order valence-corrected chi connectivity index (χ4v) is 8.11. The lowest BCUT2D eigenvalue weighted by atomic mass is 9.73. The van der Waals surface area contributed by atoms with Gasteiger partial charge in [0.05, 0.1) is 5.52 Å². The maximum atomic E-state index is 7.28. The van der Waals surface area contributed by atoms with Crippen LogP contribution in [0.25, 0.3) is 89.2 Å². The largest absolute Gasteiger partial charge is 0.310 e. The molecule has 0 saturated heterocycles. The molecule has 3 heterocycles. The van der Waals surface area contributed by atoms with Crippen LogP contribution in [0.2, 0.25) is 0 Å². The number of aromatic nitrogens is 5. The van der Waals surface area contributed by atoms with Crippen LogP contribution < -0.4 is 38.2 Å². The Labute approximate surface area is 338 Å². The fourth-order valence-electron chi connectivity index (χ4n) is 8.11. The van der Waals surface area contributed by atoms with Gasteiger partial charge in [0.25, 0.3) is 0 Å². The summed E-state index contributed by atoms with van der Waals surface area (Å²) in [7, 11) is 48.5. The van der Waals surface area contributed by atoms with Crippen molar-refractivity contribution in [2.75, 3.05) is 0 Å². The van der Waals surface area contributed by atoms with E-state index in [9.17, 15) is 0 Å². The molecule has 0 unspecified atom stereocenters. The predicted octanol–water partition coefficient (Wildman–Crippen LogP) is 2.62. The zero-order valence-corrected chi connectivity index (χ0v) is 30.5. The highest BCUT2D eigenvalue weighted by atomic mass is 15.2. The van der Waals surface area contributed by atoms with Gasteiger partial charge >= 0.3 is 0 Å². The zero-order chi connectivity index (χ0) is 39.1. The first-order valence-corrected chi connectivity index (χ1v) is 18.2. The average molecular weight is 708 g/mol. The van der Waals surface area contributed by atoms with Crippen molar-refractivity contribution in [3.05, 3.63) is 133 Å². The summed E-state index contributed by atoms with van der Waals surface area (Å²) in [6.45, 7) is 0. The van der Waals surface area contributed by atoms with Gasteiger partial charge in [0.2, 0.25) is 5.95 Å². The molecule has 0 N–H and O–H groups in total. The van der Waals surface area contributed by atoms with Crippen molar-refractivity contribution in [3.63, 3.8) is 0 Å². The summed E-state index contributed by atoms with van der Waals surface area (Å²) >= 11 is 0. The van der Waals surface area contributed by atoms with E-state index >= 15 is 0 Å². The summed E-state index contributed by atoms with van der Waals surface area (Å²) in [5.41, 5.74) is 9.15. The van der Waals surface area contributed by atoms with E-state index in [4.69, 9.17) is 69.9 Å². The van der Waals surface area contributed by atoms with E-state index in [-0.39, 0.29) is 16.9 Å². The van der Waals surface area contributed by atoms with Crippen LogP contribution in [-0.4, -0.2) is 79.0 Å². The second kappa shape index (κ2) is 13.4. The third-order valence-electron chi connectivity index (χ3n) is 10.6. The Morgan fingerprint density at radius 2 is 0.912 bits per heavy atom. The van der Waals surface area contributed by atoms with Crippen LogP contribution in [0.15, 0.2) is 133 Å². The van der Waals surface area contributed by atoms with Gasteiger partial charge < -0.3 is 4.57 Å². The van der Waals surface area contributed by atoms with E-state index in [2.05, 4.69) is 24.3 Å². The molecule has 10 aromatic rings. The molecule has 0 fully saturated rings. The fraction of sp³-hybridized carbons (Fsp3) is 0. The van der Waals surface area contributed by atoms with Gasteiger partial charge in [-0.15, -0.1) is 5.46 Å². The quantitative estimate of drug-likeness (QED) is 0.259. The molecule has 0 bridgehead atoms. The van der Waals surface area contributed by atoms with Crippen LogP contribution >= 0.6 is 0 Å². The van der Waals surface area contributed by atoms with E-state index < -0.39 is 0 Å². The number of hydrogen-bond acceptors (Lipinski definition) is 3. The van der Waals surface area contributed by atoms with Gasteiger partial charge in [-0.25, -0.2) is 4.98 Å². The van der Waals surface area contributed by atoms with Crippen LogP contribution in [0, 0.1) is 0 Å². The second-order valence-electron chi connectivity index (χ2n) is 14.1. The van der Waals surface area contributed by atoms with Gasteiger partial charge in [-0.3, -0.25) is 4.57 Å². The Bertz CT molecular complexity index is 3200. The Morgan fingerprint density at radius 3 is 1.53 bits per heavy atom. The highest BCUT2D eigenvalue weighted by molar-refractivity contribution is 6.63. The molecule has 5 nitrogen and oxygen atoms in total. The Balaban J connectivity index is 1.41. The monoisotopic (exact) mass is 709 g/mol. The van der Waals surface area contributed by atoms with Crippen molar-refractivity contribution in [2.24, 2.45) is 0 Å². The molecule has 3 aromatic heterocycles. The molecular weight excluding hydrogens is 686 g/mol. The maximum Gasteiger partial charge on any atom is 0.238 e. The minimum Gasteiger partial charge on any atom is -0.310 e. The molecule has 14 radical (unpaired) electrons. The minimum atomic E-state index is 0.267. The van der Waals surface area contributed by atoms with E-state index in [1.165, 1.54) is 0 Å². The topological polar surface area (TPSA) is 48.5 Å². The molecule has 7 aromatic carbocycles. The molecule has 0 spiro atoms. The summed E-state index contributed by atoms with van der Waals surface area (Å²) in [6.07, 6.45) is 0. The van der Waals surface area contributed by atoms with Gasteiger partial charge in [0, 0.05) is 54.9 Å². The summed E-state index contributed by atoms with van der Waals surface area (Å²) in [6, 6.07) is 42.9. The van der Waals surface area contributed by atoms with Crippen molar-refractivity contribution in [1.82, 2.24) is 24.1 Å². The van der Waals surface area contributed by atoms with Gasteiger partial charge in [0.15, 0.2) is 11.6 Å². The first-order chi connectivity index (χ1) is 27.7. The smallest absolute Gasteiger partial charge is 0.238 e. The van der Waals surface area contributed by atoms with E-state index in [0.29, 0.717) is 82.6 Å². The highest BCUT2D eigenvalue weighted by Gasteiger charge is 2.28. The molecule has 0 atom stereocenters. The molecule has 248 valence electrons. The second-order valence-corrected chi connectivity index (χ2v) is 14.1. The van der Waals surface area contributed by atoms with Gasteiger partial charge in [-0.1, -0.05) is 154 Å². The van der Waals surface area contributed by atoms with Crippen LogP contribution in [0.3, 0.4) is 0 Å². The maximum absolute atomic E-state index is 7.28. The number of fused-ring (bicyclic) bond motifs is 7. The molecule has 0 aliphatic carbocycles. The number of hydrogen-bond donors (Lipinski definition) is 0. The molecular formula is C45H22B7N5. The van der Waals surface area contributed by atoms with Crippen molar-refractivity contribution in [1.29, 1.82) is 0 Å². The van der Waals surface area contributed by atoms with Crippen LogP contribution in [0.5, 0.6) is 0 Å². The van der Waals surface area contributed by atoms with Crippen molar-refractivity contribution < 1.29 is 0 Å². The van der Waals surface area contributed by atoms with E-state index in [1.807, 2.05) is 106 Å². The lowest BCUT2D eigenvalue weighted by molar-refractivity contribution is 0.956. The summed E-state index contributed by atoms with van der Waals surface area (Å²) < 4.78 is 3.85. The molecule has 0 saturated carbocycles. The van der Waals surface area contributed by atoms with Crippen LogP contribution in [0.1, 0.15) is 0 Å². The zero-order valence-electron chi connectivity index (χ0n) is 30.5. The normalized spacial score (nSPS) is 11.6. The molecule has 12 heteroatoms. The third-order valence-corrected chi connectivity index (χ3v) is 10.6. The van der Waals surface area contributed by atoms with Gasteiger partial charge in [-0.05, 0) is 23.3 Å². The van der Waals surface area contributed by atoms with Gasteiger partial charge in [0.1, 0.15) is 54.9 Å². The molecule has 0 aliphatic rings. The SMILES string of the molecule is [B]c1cc([B])c2c(c1)c1c3c4c([B])c([B])cc([B])c4n(-c4cccc(-c5ccccc5)c4)c3c([B])c([B])c1n2-c1nc(-c2ccccc2)nc(-c2ccccc2)n1. The summed E-state index contributed by atoms with van der Waals surface area (Å²) in [5, 5.41) is 2.63.